The Bertz CT molecular complexity index is 525. The lowest BCUT2D eigenvalue weighted by Gasteiger charge is -2.04. The molecule has 0 heterocycles. The molecule has 0 spiro atoms. The Morgan fingerprint density at radius 1 is 1.27 bits per heavy atom. The van der Waals surface area contributed by atoms with Crippen LogP contribution in [-0.4, -0.2) is 6.03 Å². The summed E-state index contributed by atoms with van der Waals surface area (Å²) < 4.78 is 1.03. The zero-order chi connectivity index (χ0) is 10.8. The van der Waals surface area contributed by atoms with Crippen molar-refractivity contribution < 1.29 is 4.79 Å². The molecule has 3 nitrogen and oxygen atoms in total. The standard InChI is InChI=1S/C11H9BrN2O/c12-10-3-1-2-7-6-8(14-11(13)15)4-5-9(7)10/h1-6H,(H3,13,14,15). The highest BCUT2D eigenvalue weighted by atomic mass is 79.9. The third kappa shape index (κ3) is 2.10. The maximum Gasteiger partial charge on any atom is 0.316 e. The van der Waals surface area contributed by atoms with E-state index in [1.807, 2.05) is 36.4 Å². The van der Waals surface area contributed by atoms with Crippen molar-refractivity contribution in [3.63, 3.8) is 0 Å². The number of hydrogen-bond acceptors (Lipinski definition) is 1. The third-order valence-electron chi connectivity index (χ3n) is 2.09. The zero-order valence-corrected chi connectivity index (χ0v) is 9.41. The van der Waals surface area contributed by atoms with Gasteiger partial charge in [0.2, 0.25) is 0 Å². The fourth-order valence-electron chi connectivity index (χ4n) is 1.46. The molecule has 0 aliphatic carbocycles. The van der Waals surface area contributed by atoms with Gasteiger partial charge < -0.3 is 11.1 Å². The summed E-state index contributed by atoms with van der Waals surface area (Å²) in [6.45, 7) is 0. The van der Waals surface area contributed by atoms with Gasteiger partial charge in [0.05, 0.1) is 0 Å². The van der Waals surface area contributed by atoms with Gasteiger partial charge in [0.15, 0.2) is 0 Å². The first-order valence-corrected chi connectivity index (χ1v) is 5.21. The lowest BCUT2D eigenvalue weighted by Crippen LogP contribution is -2.19. The summed E-state index contributed by atoms with van der Waals surface area (Å²) in [5, 5.41) is 4.70. The van der Waals surface area contributed by atoms with Gasteiger partial charge in [-0.3, -0.25) is 0 Å². The average Bonchev–Trinajstić information content (AvgIpc) is 2.17. The highest BCUT2D eigenvalue weighted by molar-refractivity contribution is 9.10. The second-order valence-electron chi connectivity index (χ2n) is 3.17. The van der Waals surface area contributed by atoms with Gasteiger partial charge in [0.25, 0.3) is 0 Å². The first kappa shape index (κ1) is 9.98. The second-order valence-corrected chi connectivity index (χ2v) is 4.02. The molecular formula is C11H9BrN2O. The van der Waals surface area contributed by atoms with Crippen LogP contribution in [0.4, 0.5) is 10.5 Å². The van der Waals surface area contributed by atoms with Crippen molar-refractivity contribution in [1.82, 2.24) is 0 Å². The van der Waals surface area contributed by atoms with Crippen molar-refractivity contribution in [2.45, 2.75) is 0 Å². The number of nitrogens with two attached hydrogens (primary N) is 1. The van der Waals surface area contributed by atoms with Crippen LogP contribution in [0.5, 0.6) is 0 Å². The summed E-state index contributed by atoms with van der Waals surface area (Å²) >= 11 is 3.46. The highest BCUT2D eigenvalue weighted by Gasteiger charge is 2.00. The molecule has 0 saturated heterocycles. The van der Waals surface area contributed by atoms with Gasteiger partial charge in [-0.2, -0.15) is 0 Å². The number of amides is 2. The van der Waals surface area contributed by atoms with E-state index in [2.05, 4.69) is 21.2 Å². The van der Waals surface area contributed by atoms with Crippen LogP contribution in [0.2, 0.25) is 0 Å². The molecule has 0 saturated carbocycles. The Morgan fingerprint density at radius 2 is 2.07 bits per heavy atom. The first-order chi connectivity index (χ1) is 7.16. The van der Waals surface area contributed by atoms with Crippen molar-refractivity contribution in [2.75, 3.05) is 5.32 Å². The molecule has 0 atom stereocenters. The van der Waals surface area contributed by atoms with E-state index in [0.29, 0.717) is 5.69 Å². The normalized spacial score (nSPS) is 10.2. The van der Waals surface area contributed by atoms with Gasteiger partial charge in [0.1, 0.15) is 0 Å². The van der Waals surface area contributed by atoms with Gasteiger partial charge in [-0.05, 0) is 29.0 Å². The van der Waals surface area contributed by atoms with E-state index < -0.39 is 6.03 Å². The van der Waals surface area contributed by atoms with Crippen LogP contribution in [0, 0.1) is 0 Å². The van der Waals surface area contributed by atoms with E-state index in [-0.39, 0.29) is 0 Å². The molecule has 2 aromatic carbocycles. The lowest BCUT2D eigenvalue weighted by atomic mass is 10.1. The van der Waals surface area contributed by atoms with Crippen molar-refractivity contribution in [3.8, 4) is 0 Å². The molecule has 2 amide bonds. The van der Waals surface area contributed by atoms with Crippen LogP contribution in [-0.2, 0) is 0 Å². The third-order valence-corrected chi connectivity index (χ3v) is 2.79. The molecule has 15 heavy (non-hydrogen) atoms. The molecule has 0 fully saturated rings. The number of carbonyl (C=O) groups is 1. The first-order valence-electron chi connectivity index (χ1n) is 4.41. The number of rotatable bonds is 1. The monoisotopic (exact) mass is 264 g/mol. The second kappa shape index (κ2) is 3.90. The number of halogens is 1. The van der Waals surface area contributed by atoms with E-state index in [9.17, 15) is 4.79 Å². The molecule has 76 valence electrons. The lowest BCUT2D eigenvalue weighted by molar-refractivity contribution is 0.259. The van der Waals surface area contributed by atoms with Crippen LogP contribution >= 0.6 is 15.9 Å². The van der Waals surface area contributed by atoms with Crippen LogP contribution in [0.25, 0.3) is 10.8 Å². The fraction of sp³-hybridized carbons (Fsp3) is 0. The maximum atomic E-state index is 10.7. The molecule has 2 rings (SSSR count). The van der Waals surface area contributed by atoms with E-state index in [1.165, 1.54) is 0 Å². The summed E-state index contributed by atoms with van der Waals surface area (Å²) in [6, 6.07) is 11.0. The van der Waals surface area contributed by atoms with Crippen molar-refractivity contribution >= 4 is 38.4 Å². The number of carbonyl (C=O) groups excluding carboxylic acids is 1. The molecule has 2 aromatic rings. The van der Waals surface area contributed by atoms with Crippen molar-refractivity contribution in [3.05, 3.63) is 40.9 Å². The average molecular weight is 265 g/mol. The van der Waals surface area contributed by atoms with Crippen LogP contribution < -0.4 is 11.1 Å². The number of anilines is 1. The smallest absolute Gasteiger partial charge is 0.316 e. The minimum Gasteiger partial charge on any atom is -0.351 e. The minimum atomic E-state index is -0.552. The Hall–Kier alpha value is -1.55. The van der Waals surface area contributed by atoms with E-state index >= 15 is 0 Å². The van der Waals surface area contributed by atoms with Crippen LogP contribution in [0.15, 0.2) is 40.9 Å². The molecule has 3 N–H and O–H groups in total. The number of primary amides is 1. The summed E-state index contributed by atoms with van der Waals surface area (Å²) in [5.41, 5.74) is 5.74. The van der Waals surface area contributed by atoms with Crippen molar-refractivity contribution in [2.24, 2.45) is 5.73 Å². The molecule has 0 aliphatic rings. The molecule has 0 aromatic heterocycles. The summed E-state index contributed by atoms with van der Waals surface area (Å²) in [6.07, 6.45) is 0. The molecular weight excluding hydrogens is 256 g/mol. The largest absolute Gasteiger partial charge is 0.351 e. The Labute approximate surface area is 95.4 Å². The Kier molecular flexibility index (Phi) is 2.60. The zero-order valence-electron chi connectivity index (χ0n) is 7.83. The van der Waals surface area contributed by atoms with Crippen molar-refractivity contribution in [1.29, 1.82) is 0 Å². The van der Waals surface area contributed by atoms with Gasteiger partial charge in [0, 0.05) is 10.2 Å². The molecule has 0 aliphatic heterocycles. The quantitative estimate of drug-likeness (QED) is 0.817. The van der Waals surface area contributed by atoms with E-state index in [0.717, 1.165) is 15.2 Å². The number of nitrogens with one attached hydrogen (secondary N) is 1. The Balaban J connectivity index is 2.52. The van der Waals surface area contributed by atoms with Gasteiger partial charge >= 0.3 is 6.03 Å². The number of hydrogen-bond donors (Lipinski definition) is 2. The number of urea groups is 1. The fourth-order valence-corrected chi connectivity index (χ4v) is 1.98. The van der Waals surface area contributed by atoms with Gasteiger partial charge in [-0.15, -0.1) is 0 Å². The van der Waals surface area contributed by atoms with E-state index in [1.54, 1.807) is 0 Å². The molecule has 0 unspecified atom stereocenters. The van der Waals surface area contributed by atoms with Gasteiger partial charge in [-0.25, -0.2) is 4.79 Å². The van der Waals surface area contributed by atoms with Crippen LogP contribution in [0.1, 0.15) is 0 Å². The van der Waals surface area contributed by atoms with Crippen LogP contribution in [0.3, 0.4) is 0 Å². The molecule has 0 radical (unpaired) electrons. The molecule has 0 bridgehead atoms. The molecule has 4 heteroatoms. The van der Waals surface area contributed by atoms with E-state index in [4.69, 9.17) is 5.73 Å². The SMILES string of the molecule is NC(=O)Nc1ccc2c(Br)cccc2c1. The minimum absolute atomic E-state index is 0.552. The predicted molar refractivity (Wildman–Crippen MR) is 64.9 cm³/mol. The van der Waals surface area contributed by atoms with Gasteiger partial charge in [-0.1, -0.05) is 34.1 Å². The number of benzene rings is 2. The topological polar surface area (TPSA) is 55.1 Å². The summed E-state index contributed by atoms with van der Waals surface area (Å²) in [4.78, 5) is 10.7. The summed E-state index contributed by atoms with van der Waals surface area (Å²) in [7, 11) is 0. The predicted octanol–water partition coefficient (Wildman–Crippen LogP) is 3.09. The maximum absolute atomic E-state index is 10.7. The Morgan fingerprint density at radius 3 is 2.80 bits per heavy atom. The summed E-state index contributed by atoms with van der Waals surface area (Å²) in [5.74, 6) is 0. The highest BCUT2D eigenvalue weighted by Crippen LogP contribution is 2.26. The number of fused-ring (bicyclic) bond motifs is 1.